The van der Waals surface area contributed by atoms with Gasteiger partial charge < -0.3 is 10.1 Å². The maximum Gasteiger partial charge on any atom is 0.164 e. The van der Waals surface area contributed by atoms with Gasteiger partial charge in [-0.15, -0.1) is 0 Å². The normalized spacial score (nSPS) is 12.2. The smallest absolute Gasteiger partial charge is 0.164 e. The molecule has 0 aliphatic rings. The summed E-state index contributed by atoms with van der Waals surface area (Å²) >= 11 is 0. The number of nitrogens with one attached hydrogen (secondary N) is 1. The Balaban J connectivity index is 2.48. The molecule has 20 heavy (non-hydrogen) atoms. The standard InChI is InChI=1S/C16H21N3O/c1-5-13-11(2)18-16(19-15(13)17-3)14(20-4)12-9-7-6-8-10-12/h6-10,14H,5H2,1-4H3,(H,17,18,19). The van der Waals surface area contributed by atoms with E-state index >= 15 is 0 Å². The first-order chi connectivity index (χ1) is 9.71. The Hall–Kier alpha value is -1.94. The minimum absolute atomic E-state index is 0.243. The van der Waals surface area contributed by atoms with Crippen molar-refractivity contribution in [3.63, 3.8) is 0 Å². The van der Waals surface area contributed by atoms with Crippen molar-refractivity contribution in [2.45, 2.75) is 26.4 Å². The van der Waals surface area contributed by atoms with Crippen LogP contribution in [0.2, 0.25) is 0 Å². The molecule has 0 radical (unpaired) electrons. The Kier molecular flexibility index (Phi) is 4.69. The topological polar surface area (TPSA) is 47.0 Å². The fourth-order valence-corrected chi connectivity index (χ4v) is 2.38. The van der Waals surface area contributed by atoms with Crippen molar-refractivity contribution in [2.75, 3.05) is 19.5 Å². The Morgan fingerprint density at radius 3 is 2.45 bits per heavy atom. The Labute approximate surface area is 120 Å². The van der Waals surface area contributed by atoms with Crippen molar-refractivity contribution in [3.05, 3.63) is 53.0 Å². The van der Waals surface area contributed by atoms with Crippen molar-refractivity contribution in [3.8, 4) is 0 Å². The lowest BCUT2D eigenvalue weighted by Gasteiger charge is -2.18. The van der Waals surface area contributed by atoms with Gasteiger partial charge in [0.1, 0.15) is 11.9 Å². The second kappa shape index (κ2) is 6.48. The highest BCUT2D eigenvalue weighted by atomic mass is 16.5. The molecule has 2 aromatic rings. The zero-order chi connectivity index (χ0) is 14.5. The van der Waals surface area contributed by atoms with Crippen LogP contribution in [-0.2, 0) is 11.2 Å². The molecule has 1 unspecified atom stereocenters. The van der Waals surface area contributed by atoms with E-state index in [0.717, 1.165) is 29.1 Å². The van der Waals surface area contributed by atoms with Crippen molar-refractivity contribution in [2.24, 2.45) is 0 Å². The van der Waals surface area contributed by atoms with Gasteiger partial charge in [0.25, 0.3) is 0 Å². The maximum atomic E-state index is 5.60. The van der Waals surface area contributed by atoms with Crippen LogP contribution >= 0.6 is 0 Å². The molecule has 4 nitrogen and oxygen atoms in total. The highest BCUT2D eigenvalue weighted by Crippen LogP contribution is 2.25. The lowest BCUT2D eigenvalue weighted by molar-refractivity contribution is 0.129. The van der Waals surface area contributed by atoms with Crippen LogP contribution in [-0.4, -0.2) is 24.1 Å². The number of benzene rings is 1. The van der Waals surface area contributed by atoms with Crippen LogP contribution in [0, 0.1) is 6.92 Å². The molecule has 0 amide bonds. The predicted molar refractivity (Wildman–Crippen MR) is 81.0 cm³/mol. The summed E-state index contributed by atoms with van der Waals surface area (Å²) in [6.45, 7) is 4.12. The van der Waals surface area contributed by atoms with E-state index in [-0.39, 0.29) is 6.10 Å². The number of methoxy groups -OCH3 is 1. The summed E-state index contributed by atoms with van der Waals surface area (Å²) in [5.74, 6) is 1.57. The molecule has 0 saturated heterocycles. The zero-order valence-electron chi connectivity index (χ0n) is 12.5. The van der Waals surface area contributed by atoms with Crippen LogP contribution in [0.15, 0.2) is 30.3 Å². The van der Waals surface area contributed by atoms with Gasteiger partial charge in [0.15, 0.2) is 5.82 Å². The van der Waals surface area contributed by atoms with Crippen LogP contribution in [0.1, 0.15) is 35.7 Å². The van der Waals surface area contributed by atoms with Crippen molar-refractivity contribution < 1.29 is 4.74 Å². The summed E-state index contributed by atoms with van der Waals surface area (Å²) in [6.07, 6.45) is 0.665. The number of aryl methyl sites for hydroxylation is 1. The highest BCUT2D eigenvalue weighted by Gasteiger charge is 2.19. The lowest BCUT2D eigenvalue weighted by atomic mass is 10.1. The lowest BCUT2D eigenvalue weighted by Crippen LogP contribution is -2.13. The first kappa shape index (κ1) is 14.5. The van der Waals surface area contributed by atoms with Crippen LogP contribution in [0.25, 0.3) is 0 Å². The molecular formula is C16H21N3O. The molecule has 0 fully saturated rings. The molecular weight excluding hydrogens is 250 g/mol. The SMILES string of the molecule is CCc1c(C)nc(C(OC)c2ccccc2)nc1NC. The highest BCUT2D eigenvalue weighted by molar-refractivity contribution is 5.46. The minimum atomic E-state index is -0.243. The van der Waals surface area contributed by atoms with Gasteiger partial charge in [0, 0.05) is 25.4 Å². The van der Waals surface area contributed by atoms with Crippen LogP contribution in [0.5, 0.6) is 0 Å². The largest absolute Gasteiger partial charge is 0.373 e. The molecule has 2 rings (SSSR count). The number of rotatable bonds is 5. The van der Waals surface area contributed by atoms with E-state index in [4.69, 9.17) is 4.74 Å². The summed E-state index contributed by atoms with van der Waals surface area (Å²) in [4.78, 5) is 9.25. The third-order valence-corrected chi connectivity index (χ3v) is 3.39. The van der Waals surface area contributed by atoms with E-state index in [9.17, 15) is 0 Å². The zero-order valence-corrected chi connectivity index (χ0v) is 12.5. The molecule has 0 saturated carbocycles. The quantitative estimate of drug-likeness (QED) is 0.907. The number of ether oxygens (including phenoxy) is 1. The molecule has 1 heterocycles. The van der Waals surface area contributed by atoms with Crippen LogP contribution in [0.4, 0.5) is 5.82 Å². The van der Waals surface area contributed by atoms with E-state index in [1.807, 2.05) is 44.3 Å². The van der Waals surface area contributed by atoms with Gasteiger partial charge in [-0.25, -0.2) is 9.97 Å². The van der Waals surface area contributed by atoms with E-state index in [1.165, 1.54) is 0 Å². The number of hydrogen-bond acceptors (Lipinski definition) is 4. The molecule has 1 atom stereocenters. The van der Waals surface area contributed by atoms with E-state index < -0.39 is 0 Å². The summed E-state index contributed by atoms with van der Waals surface area (Å²) in [5.41, 5.74) is 3.21. The van der Waals surface area contributed by atoms with E-state index in [0.29, 0.717) is 5.82 Å². The Morgan fingerprint density at radius 2 is 1.90 bits per heavy atom. The maximum absolute atomic E-state index is 5.60. The number of anilines is 1. The molecule has 1 aromatic heterocycles. The molecule has 1 N–H and O–H groups in total. The van der Waals surface area contributed by atoms with Crippen LogP contribution in [0.3, 0.4) is 0 Å². The molecule has 4 heteroatoms. The summed E-state index contributed by atoms with van der Waals surface area (Å²) in [7, 11) is 3.57. The van der Waals surface area contributed by atoms with Gasteiger partial charge in [0.05, 0.1) is 0 Å². The van der Waals surface area contributed by atoms with Gasteiger partial charge in [-0.05, 0) is 18.9 Å². The van der Waals surface area contributed by atoms with Crippen molar-refractivity contribution in [1.82, 2.24) is 9.97 Å². The monoisotopic (exact) mass is 271 g/mol. The van der Waals surface area contributed by atoms with Gasteiger partial charge in [-0.3, -0.25) is 0 Å². The first-order valence-corrected chi connectivity index (χ1v) is 6.84. The fraction of sp³-hybridized carbons (Fsp3) is 0.375. The molecule has 0 bridgehead atoms. The summed E-state index contributed by atoms with van der Waals surface area (Å²) in [5, 5.41) is 3.15. The number of nitrogens with zero attached hydrogens (tertiary/aromatic N) is 2. The van der Waals surface area contributed by atoms with Crippen molar-refractivity contribution in [1.29, 1.82) is 0 Å². The minimum Gasteiger partial charge on any atom is -0.373 e. The fourth-order valence-electron chi connectivity index (χ4n) is 2.38. The molecule has 106 valence electrons. The third-order valence-electron chi connectivity index (χ3n) is 3.39. The average molecular weight is 271 g/mol. The second-order valence-corrected chi connectivity index (χ2v) is 4.62. The van der Waals surface area contributed by atoms with Gasteiger partial charge in [-0.1, -0.05) is 37.3 Å². The number of hydrogen-bond donors (Lipinski definition) is 1. The van der Waals surface area contributed by atoms with Crippen molar-refractivity contribution >= 4 is 5.82 Å². The van der Waals surface area contributed by atoms with E-state index in [2.05, 4.69) is 22.2 Å². The average Bonchev–Trinajstić information content (AvgIpc) is 2.48. The first-order valence-electron chi connectivity index (χ1n) is 6.84. The number of aromatic nitrogens is 2. The molecule has 0 aliphatic heterocycles. The molecule has 0 spiro atoms. The van der Waals surface area contributed by atoms with Gasteiger partial charge >= 0.3 is 0 Å². The third kappa shape index (κ3) is 2.80. The summed E-state index contributed by atoms with van der Waals surface area (Å²) in [6, 6.07) is 10.0. The summed E-state index contributed by atoms with van der Waals surface area (Å²) < 4.78 is 5.60. The van der Waals surface area contributed by atoms with Gasteiger partial charge in [-0.2, -0.15) is 0 Å². The Bertz CT molecular complexity index is 569. The molecule has 0 aliphatic carbocycles. The van der Waals surface area contributed by atoms with Crippen LogP contribution < -0.4 is 5.32 Å². The Morgan fingerprint density at radius 1 is 1.20 bits per heavy atom. The van der Waals surface area contributed by atoms with E-state index in [1.54, 1.807) is 7.11 Å². The van der Waals surface area contributed by atoms with Gasteiger partial charge in [0.2, 0.25) is 0 Å². The second-order valence-electron chi connectivity index (χ2n) is 4.62. The molecule has 1 aromatic carbocycles. The predicted octanol–water partition coefficient (Wildman–Crippen LogP) is 3.12.